The van der Waals surface area contributed by atoms with E-state index in [1.807, 2.05) is 0 Å². The maximum Gasteiger partial charge on any atom is 0.416 e. The molecule has 0 aromatic heterocycles. The van der Waals surface area contributed by atoms with Crippen LogP contribution >= 0.6 is 11.6 Å². The molecule has 0 spiro atoms. The maximum atomic E-state index is 13.5. The molecule has 0 fully saturated rings. The molecular formula is C17H11ClF4O2. The van der Waals surface area contributed by atoms with Crippen LogP contribution in [-0.2, 0) is 22.3 Å². The van der Waals surface area contributed by atoms with E-state index in [0.29, 0.717) is 0 Å². The summed E-state index contributed by atoms with van der Waals surface area (Å²) in [4.78, 5) is 11.6. The molecule has 0 heterocycles. The molecule has 0 bridgehead atoms. The molecule has 0 saturated carbocycles. The lowest BCUT2D eigenvalue weighted by molar-refractivity contribution is -0.139. The van der Waals surface area contributed by atoms with Crippen LogP contribution in [0.1, 0.15) is 16.7 Å². The Kier molecular flexibility index (Phi) is 5.62. The Hall–Kier alpha value is -2.34. The van der Waals surface area contributed by atoms with Crippen LogP contribution in [0.2, 0.25) is 5.02 Å². The summed E-state index contributed by atoms with van der Waals surface area (Å²) in [6.45, 7) is -0.378. The van der Waals surface area contributed by atoms with Crippen LogP contribution in [0.3, 0.4) is 0 Å². The summed E-state index contributed by atoms with van der Waals surface area (Å²) >= 11 is 5.79. The van der Waals surface area contributed by atoms with Crippen LogP contribution in [0.25, 0.3) is 6.08 Å². The highest BCUT2D eigenvalue weighted by Gasteiger charge is 2.30. The zero-order valence-corrected chi connectivity index (χ0v) is 12.9. The van der Waals surface area contributed by atoms with Gasteiger partial charge in [-0.1, -0.05) is 29.8 Å². The van der Waals surface area contributed by atoms with Gasteiger partial charge in [0.25, 0.3) is 0 Å². The first-order valence-electron chi connectivity index (χ1n) is 6.72. The third-order valence-electron chi connectivity index (χ3n) is 3.05. The Balaban J connectivity index is 2.01. The summed E-state index contributed by atoms with van der Waals surface area (Å²) in [6, 6.07) is 8.50. The summed E-state index contributed by atoms with van der Waals surface area (Å²) in [5.74, 6) is -1.44. The van der Waals surface area contributed by atoms with E-state index in [9.17, 15) is 22.4 Å². The molecule has 0 radical (unpaired) electrons. The predicted molar refractivity (Wildman–Crippen MR) is 81.7 cm³/mol. The maximum absolute atomic E-state index is 13.5. The minimum atomic E-state index is -4.47. The quantitative estimate of drug-likeness (QED) is 0.423. The van der Waals surface area contributed by atoms with Gasteiger partial charge in [-0.15, -0.1) is 0 Å². The van der Waals surface area contributed by atoms with Crippen molar-refractivity contribution in [3.8, 4) is 0 Å². The van der Waals surface area contributed by atoms with E-state index in [1.165, 1.54) is 36.4 Å². The zero-order valence-electron chi connectivity index (χ0n) is 12.1. The molecule has 0 unspecified atom stereocenters. The summed E-state index contributed by atoms with van der Waals surface area (Å²) in [6.07, 6.45) is -2.32. The standard InChI is InChI=1S/C17H11ClF4O2/c18-14-5-2-6-15(19)13(14)10-24-16(23)8-7-11-3-1-4-12(9-11)17(20,21)22/h1-9H,10H2. The molecular weight excluding hydrogens is 348 g/mol. The van der Waals surface area contributed by atoms with E-state index >= 15 is 0 Å². The number of ether oxygens (including phenoxy) is 1. The van der Waals surface area contributed by atoms with Crippen LogP contribution in [0.15, 0.2) is 48.5 Å². The third-order valence-corrected chi connectivity index (χ3v) is 3.40. The third kappa shape index (κ3) is 4.83. The fraction of sp³-hybridized carbons (Fsp3) is 0.118. The zero-order chi connectivity index (χ0) is 17.7. The van der Waals surface area contributed by atoms with Gasteiger partial charge in [-0.2, -0.15) is 13.2 Å². The van der Waals surface area contributed by atoms with E-state index in [1.54, 1.807) is 0 Å². The first-order valence-corrected chi connectivity index (χ1v) is 7.10. The molecule has 0 aliphatic heterocycles. The van der Waals surface area contributed by atoms with Crippen molar-refractivity contribution in [1.82, 2.24) is 0 Å². The van der Waals surface area contributed by atoms with Crippen LogP contribution in [0.4, 0.5) is 17.6 Å². The van der Waals surface area contributed by atoms with Gasteiger partial charge in [-0.3, -0.25) is 0 Å². The summed E-state index contributed by atoms with van der Waals surface area (Å²) in [5.41, 5.74) is -0.609. The second kappa shape index (κ2) is 7.49. The SMILES string of the molecule is O=C(C=Cc1cccc(C(F)(F)F)c1)OCc1c(F)cccc1Cl. The van der Waals surface area contributed by atoms with Gasteiger partial charge in [0.2, 0.25) is 0 Å². The van der Waals surface area contributed by atoms with Crippen molar-refractivity contribution in [3.05, 3.63) is 76.1 Å². The van der Waals surface area contributed by atoms with Crippen molar-refractivity contribution in [3.63, 3.8) is 0 Å². The van der Waals surface area contributed by atoms with E-state index in [4.69, 9.17) is 16.3 Å². The second-order valence-corrected chi connectivity index (χ2v) is 5.17. The van der Waals surface area contributed by atoms with Gasteiger partial charge < -0.3 is 4.74 Å². The van der Waals surface area contributed by atoms with Crippen LogP contribution < -0.4 is 0 Å². The Bertz CT molecular complexity index is 749. The highest BCUT2D eigenvalue weighted by molar-refractivity contribution is 6.31. The van der Waals surface area contributed by atoms with E-state index in [0.717, 1.165) is 18.2 Å². The molecule has 0 N–H and O–H groups in total. The molecule has 2 aromatic rings. The van der Waals surface area contributed by atoms with Crippen molar-refractivity contribution in [2.24, 2.45) is 0 Å². The molecule has 126 valence electrons. The first kappa shape index (κ1) is 18.0. The van der Waals surface area contributed by atoms with Crippen molar-refractivity contribution < 1.29 is 27.1 Å². The van der Waals surface area contributed by atoms with Gasteiger partial charge in [0.15, 0.2) is 0 Å². The Morgan fingerprint density at radius 1 is 1.17 bits per heavy atom. The Morgan fingerprint density at radius 2 is 1.88 bits per heavy atom. The number of hydrogen-bond donors (Lipinski definition) is 0. The molecule has 24 heavy (non-hydrogen) atoms. The predicted octanol–water partition coefficient (Wildman–Crippen LogP) is 5.25. The van der Waals surface area contributed by atoms with Gasteiger partial charge in [0.05, 0.1) is 10.6 Å². The fourth-order valence-corrected chi connectivity index (χ4v) is 2.06. The Labute approximate surface area is 140 Å². The monoisotopic (exact) mass is 358 g/mol. The van der Waals surface area contributed by atoms with Crippen molar-refractivity contribution in [2.45, 2.75) is 12.8 Å². The largest absolute Gasteiger partial charge is 0.457 e. The minimum Gasteiger partial charge on any atom is -0.457 e. The number of carbonyl (C=O) groups is 1. The lowest BCUT2D eigenvalue weighted by Crippen LogP contribution is -2.05. The lowest BCUT2D eigenvalue weighted by atomic mass is 10.1. The van der Waals surface area contributed by atoms with Crippen molar-refractivity contribution in [2.75, 3.05) is 0 Å². The number of rotatable bonds is 4. The van der Waals surface area contributed by atoms with Gasteiger partial charge in [-0.25, -0.2) is 9.18 Å². The minimum absolute atomic E-state index is 0.0278. The normalized spacial score (nSPS) is 11.7. The molecule has 0 atom stereocenters. The topological polar surface area (TPSA) is 26.3 Å². The average Bonchev–Trinajstić information content (AvgIpc) is 2.52. The molecule has 2 rings (SSSR count). The van der Waals surface area contributed by atoms with Gasteiger partial charge in [-0.05, 0) is 35.9 Å². The number of hydrogen-bond acceptors (Lipinski definition) is 2. The summed E-state index contributed by atoms with van der Waals surface area (Å²) in [5, 5.41) is 0.115. The smallest absolute Gasteiger partial charge is 0.416 e. The van der Waals surface area contributed by atoms with Crippen LogP contribution in [0, 0.1) is 5.82 Å². The number of benzene rings is 2. The molecule has 0 amide bonds. The number of carbonyl (C=O) groups excluding carboxylic acids is 1. The van der Waals surface area contributed by atoms with E-state index in [2.05, 4.69) is 0 Å². The van der Waals surface area contributed by atoms with Crippen molar-refractivity contribution in [1.29, 1.82) is 0 Å². The second-order valence-electron chi connectivity index (χ2n) is 4.76. The molecule has 0 aliphatic carbocycles. The Morgan fingerprint density at radius 3 is 2.54 bits per heavy atom. The number of esters is 1. The van der Waals surface area contributed by atoms with E-state index < -0.39 is 23.5 Å². The fourth-order valence-electron chi connectivity index (χ4n) is 1.84. The molecule has 0 saturated heterocycles. The molecule has 7 heteroatoms. The van der Waals surface area contributed by atoms with Crippen LogP contribution in [0.5, 0.6) is 0 Å². The lowest BCUT2D eigenvalue weighted by Gasteiger charge is -2.07. The molecule has 0 aliphatic rings. The molecule has 2 nitrogen and oxygen atoms in total. The van der Waals surface area contributed by atoms with Crippen molar-refractivity contribution >= 4 is 23.6 Å². The van der Waals surface area contributed by atoms with Gasteiger partial charge in [0, 0.05) is 11.6 Å². The van der Waals surface area contributed by atoms with Gasteiger partial charge >= 0.3 is 12.1 Å². The summed E-state index contributed by atoms with van der Waals surface area (Å²) in [7, 11) is 0. The average molecular weight is 359 g/mol. The van der Waals surface area contributed by atoms with Gasteiger partial charge in [0.1, 0.15) is 12.4 Å². The first-order chi connectivity index (χ1) is 11.3. The number of halogens is 5. The highest BCUT2D eigenvalue weighted by Crippen LogP contribution is 2.29. The summed E-state index contributed by atoms with van der Waals surface area (Å²) < 4.78 is 56.1. The van der Waals surface area contributed by atoms with Crippen LogP contribution in [-0.4, -0.2) is 5.97 Å². The number of alkyl halides is 3. The van der Waals surface area contributed by atoms with E-state index in [-0.39, 0.29) is 22.8 Å². The highest BCUT2D eigenvalue weighted by atomic mass is 35.5. The molecule has 2 aromatic carbocycles.